The third-order valence-electron chi connectivity index (χ3n) is 4.57. The zero-order chi connectivity index (χ0) is 20.1. The third kappa shape index (κ3) is 4.91. The summed E-state index contributed by atoms with van der Waals surface area (Å²) in [6.45, 7) is 1.48. The summed E-state index contributed by atoms with van der Waals surface area (Å²) in [5.41, 5.74) is 2.36. The van der Waals surface area contributed by atoms with E-state index in [9.17, 15) is 14.0 Å². The summed E-state index contributed by atoms with van der Waals surface area (Å²) in [5, 5.41) is -0.0795. The molecule has 1 fully saturated rings. The Morgan fingerprint density at radius 1 is 1.25 bits per heavy atom. The number of benzene rings is 2. The van der Waals surface area contributed by atoms with Crippen LogP contribution in [0.3, 0.4) is 0 Å². The van der Waals surface area contributed by atoms with Gasteiger partial charge in [-0.1, -0.05) is 24.3 Å². The van der Waals surface area contributed by atoms with Crippen molar-refractivity contribution in [1.29, 1.82) is 0 Å². The summed E-state index contributed by atoms with van der Waals surface area (Å²) in [4.78, 5) is 28.3. The van der Waals surface area contributed by atoms with Gasteiger partial charge in [-0.05, 0) is 42.4 Å². The normalized spacial score (nSPS) is 16.4. The Bertz CT molecular complexity index is 844. The first-order valence-electron chi connectivity index (χ1n) is 9.00. The van der Waals surface area contributed by atoms with E-state index in [1.165, 1.54) is 19.2 Å². The number of carbonyl (C=O) groups is 2. The minimum absolute atomic E-state index is 0.0333. The average molecular weight is 402 g/mol. The molecule has 0 aromatic heterocycles. The van der Waals surface area contributed by atoms with Crippen LogP contribution < -0.4 is 0 Å². The van der Waals surface area contributed by atoms with Crippen LogP contribution in [0.5, 0.6) is 0 Å². The van der Waals surface area contributed by atoms with Crippen LogP contribution in [0.4, 0.5) is 4.39 Å². The SMILES string of the molecule is COC(=O)c1cccc(CN(C)CC(=O)N2CCSC2c2ccc(F)cc2)c1. The van der Waals surface area contributed by atoms with Gasteiger partial charge in [-0.3, -0.25) is 9.69 Å². The molecule has 1 unspecified atom stereocenters. The second-order valence-corrected chi connectivity index (χ2v) is 7.91. The van der Waals surface area contributed by atoms with E-state index in [2.05, 4.69) is 0 Å². The molecule has 0 saturated carbocycles. The number of hydrogen-bond acceptors (Lipinski definition) is 5. The molecule has 148 valence electrons. The van der Waals surface area contributed by atoms with Crippen LogP contribution in [0.2, 0.25) is 0 Å². The highest BCUT2D eigenvalue weighted by Gasteiger charge is 2.30. The van der Waals surface area contributed by atoms with Crippen LogP contribution in [0, 0.1) is 5.82 Å². The van der Waals surface area contributed by atoms with Gasteiger partial charge in [0.05, 0.1) is 19.2 Å². The van der Waals surface area contributed by atoms with E-state index in [1.54, 1.807) is 42.1 Å². The predicted molar refractivity (Wildman–Crippen MR) is 107 cm³/mol. The number of carbonyl (C=O) groups excluding carboxylic acids is 2. The maximum atomic E-state index is 13.2. The molecular weight excluding hydrogens is 379 g/mol. The third-order valence-corrected chi connectivity index (χ3v) is 5.83. The van der Waals surface area contributed by atoms with E-state index in [4.69, 9.17) is 4.74 Å². The fraction of sp³-hybridized carbons (Fsp3) is 0.333. The maximum absolute atomic E-state index is 13.2. The number of ether oxygens (including phenoxy) is 1. The molecule has 28 heavy (non-hydrogen) atoms. The molecule has 1 amide bonds. The van der Waals surface area contributed by atoms with Crippen molar-refractivity contribution in [1.82, 2.24) is 9.80 Å². The van der Waals surface area contributed by atoms with Gasteiger partial charge in [0.15, 0.2) is 0 Å². The molecule has 3 rings (SSSR count). The fourth-order valence-electron chi connectivity index (χ4n) is 3.23. The molecule has 5 nitrogen and oxygen atoms in total. The van der Waals surface area contributed by atoms with E-state index in [1.807, 2.05) is 22.9 Å². The molecule has 0 spiro atoms. The first-order chi connectivity index (χ1) is 13.5. The maximum Gasteiger partial charge on any atom is 0.337 e. The largest absolute Gasteiger partial charge is 0.465 e. The molecule has 0 radical (unpaired) electrons. The van der Waals surface area contributed by atoms with E-state index >= 15 is 0 Å². The Kier molecular flexibility index (Phi) is 6.70. The Labute approximate surface area is 168 Å². The summed E-state index contributed by atoms with van der Waals surface area (Å²) >= 11 is 1.69. The highest BCUT2D eigenvalue weighted by atomic mass is 32.2. The van der Waals surface area contributed by atoms with Crippen molar-refractivity contribution >= 4 is 23.6 Å². The average Bonchev–Trinajstić information content (AvgIpc) is 3.18. The summed E-state index contributed by atoms with van der Waals surface area (Å²) < 4.78 is 17.9. The molecule has 2 aromatic carbocycles. The van der Waals surface area contributed by atoms with E-state index < -0.39 is 0 Å². The van der Waals surface area contributed by atoms with Gasteiger partial charge in [0.25, 0.3) is 0 Å². The Balaban J connectivity index is 1.62. The number of likely N-dealkylation sites (N-methyl/N-ethyl adjacent to an activating group) is 1. The molecule has 0 N–H and O–H groups in total. The Morgan fingerprint density at radius 2 is 2.00 bits per heavy atom. The minimum Gasteiger partial charge on any atom is -0.465 e. The predicted octanol–water partition coefficient (Wildman–Crippen LogP) is 3.32. The number of hydrogen-bond donors (Lipinski definition) is 0. The number of thioether (sulfide) groups is 1. The van der Waals surface area contributed by atoms with E-state index in [0.717, 1.165) is 16.9 Å². The first kappa shape index (κ1) is 20.4. The lowest BCUT2D eigenvalue weighted by Crippen LogP contribution is -2.38. The number of amides is 1. The molecule has 7 heteroatoms. The highest BCUT2D eigenvalue weighted by Crippen LogP contribution is 2.37. The van der Waals surface area contributed by atoms with Gasteiger partial charge in [0.2, 0.25) is 5.91 Å². The number of nitrogens with zero attached hydrogens (tertiary/aromatic N) is 2. The van der Waals surface area contributed by atoms with Crippen molar-refractivity contribution in [2.75, 3.05) is 33.0 Å². The van der Waals surface area contributed by atoms with Crippen LogP contribution in [0.1, 0.15) is 26.9 Å². The lowest BCUT2D eigenvalue weighted by atomic mass is 10.1. The lowest BCUT2D eigenvalue weighted by molar-refractivity contribution is -0.132. The summed E-state index contributed by atoms with van der Waals surface area (Å²) in [6.07, 6.45) is 0. The molecule has 1 heterocycles. The molecular formula is C21H23FN2O3S. The summed E-state index contributed by atoms with van der Waals surface area (Å²) in [7, 11) is 3.23. The van der Waals surface area contributed by atoms with Crippen molar-refractivity contribution in [3.05, 3.63) is 71.0 Å². The Hall–Kier alpha value is -2.38. The van der Waals surface area contributed by atoms with Gasteiger partial charge in [-0.2, -0.15) is 0 Å². The zero-order valence-electron chi connectivity index (χ0n) is 15.9. The van der Waals surface area contributed by atoms with Gasteiger partial charge >= 0.3 is 5.97 Å². The van der Waals surface area contributed by atoms with Crippen molar-refractivity contribution in [2.24, 2.45) is 0 Å². The molecule has 1 aliphatic heterocycles. The molecule has 1 atom stereocenters. The number of esters is 1. The standard InChI is InChI=1S/C21H23FN2O3S/c1-23(13-15-4-3-5-17(12-15)21(26)27-2)14-19(25)24-10-11-28-20(24)16-6-8-18(22)9-7-16/h3-9,12,20H,10-11,13-14H2,1-2H3. The van der Waals surface area contributed by atoms with Crippen LogP contribution in [-0.2, 0) is 16.1 Å². The first-order valence-corrected chi connectivity index (χ1v) is 10.0. The highest BCUT2D eigenvalue weighted by molar-refractivity contribution is 7.99. The minimum atomic E-state index is -0.378. The monoisotopic (exact) mass is 402 g/mol. The van der Waals surface area contributed by atoms with Crippen LogP contribution in [0.15, 0.2) is 48.5 Å². The molecule has 0 aliphatic carbocycles. The van der Waals surface area contributed by atoms with Crippen LogP contribution in [0.25, 0.3) is 0 Å². The van der Waals surface area contributed by atoms with Gasteiger partial charge in [-0.15, -0.1) is 11.8 Å². The number of rotatable bonds is 6. The fourth-order valence-corrected chi connectivity index (χ4v) is 4.51. The second-order valence-electron chi connectivity index (χ2n) is 6.73. The van der Waals surface area contributed by atoms with Crippen molar-refractivity contribution in [3.8, 4) is 0 Å². The molecule has 1 saturated heterocycles. The quantitative estimate of drug-likeness (QED) is 0.694. The Morgan fingerprint density at radius 3 is 2.71 bits per heavy atom. The van der Waals surface area contributed by atoms with Gasteiger partial charge < -0.3 is 9.64 Å². The van der Waals surface area contributed by atoms with Crippen LogP contribution >= 0.6 is 11.8 Å². The number of methoxy groups -OCH3 is 1. The molecule has 0 bridgehead atoms. The van der Waals surface area contributed by atoms with Gasteiger partial charge in [-0.25, -0.2) is 9.18 Å². The lowest BCUT2D eigenvalue weighted by Gasteiger charge is -2.26. The van der Waals surface area contributed by atoms with Crippen molar-refractivity contribution in [3.63, 3.8) is 0 Å². The summed E-state index contributed by atoms with van der Waals surface area (Å²) in [5.74, 6) is 0.236. The van der Waals surface area contributed by atoms with E-state index in [-0.39, 0.29) is 29.6 Å². The zero-order valence-corrected chi connectivity index (χ0v) is 16.7. The second kappa shape index (κ2) is 9.21. The van der Waals surface area contributed by atoms with Crippen molar-refractivity contribution < 1.29 is 18.7 Å². The molecule has 1 aliphatic rings. The van der Waals surface area contributed by atoms with Gasteiger partial charge in [0.1, 0.15) is 11.2 Å². The van der Waals surface area contributed by atoms with Gasteiger partial charge in [0, 0.05) is 18.8 Å². The smallest absolute Gasteiger partial charge is 0.337 e. The van der Waals surface area contributed by atoms with Crippen LogP contribution in [-0.4, -0.2) is 54.7 Å². The number of halogens is 1. The topological polar surface area (TPSA) is 49.9 Å². The summed E-state index contributed by atoms with van der Waals surface area (Å²) in [6, 6.07) is 13.5. The van der Waals surface area contributed by atoms with Crippen molar-refractivity contribution in [2.45, 2.75) is 11.9 Å². The molecule has 2 aromatic rings. The van der Waals surface area contributed by atoms with E-state index in [0.29, 0.717) is 18.7 Å².